The summed E-state index contributed by atoms with van der Waals surface area (Å²) in [6.07, 6.45) is 1.20. The number of ether oxygens (including phenoxy) is 1. The van der Waals surface area contributed by atoms with Gasteiger partial charge in [0.05, 0.1) is 0 Å². The molecule has 2 heterocycles. The van der Waals surface area contributed by atoms with Crippen LogP contribution in [-0.2, 0) is 0 Å². The van der Waals surface area contributed by atoms with E-state index in [9.17, 15) is 4.79 Å². The maximum Gasteiger partial charge on any atom is 0.273 e. The molecule has 1 aliphatic heterocycles. The van der Waals surface area contributed by atoms with Crippen molar-refractivity contribution in [1.82, 2.24) is 20.4 Å². The minimum atomic E-state index is -0.160. The number of piperidine rings is 1. The van der Waals surface area contributed by atoms with Crippen molar-refractivity contribution >= 4 is 5.91 Å². The first-order valence-corrected chi connectivity index (χ1v) is 6.50. The van der Waals surface area contributed by atoms with Gasteiger partial charge in [-0.25, -0.2) is 0 Å². The predicted octanol–water partition coefficient (Wildman–Crippen LogP) is 0.555. The number of nitrogens with one attached hydrogen (secondary N) is 1. The van der Waals surface area contributed by atoms with E-state index in [0.29, 0.717) is 17.5 Å². The third-order valence-corrected chi connectivity index (χ3v) is 3.29. The second-order valence-electron chi connectivity index (χ2n) is 5.08. The van der Waals surface area contributed by atoms with Crippen LogP contribution in [0.25, 0.3) is 0 Å². The predicted molar refractivity (Wildman–Crippen MR) is 71.1 cm³/mol. The fourth-order valence-corrected chi connectivity index (χ4v) is 2.00. The Labute approximate surface area is 113 Å². The largest absolute Gasteiger partial charge is 0.472 e. The number of aromatic nitrogens is 2. The molecular weight excluding hydrogens is 244 g/mol. The van der Waals surface area contributed by atoms with Crippen LogP contribution < -0.4 is 10.1 Å². The van der Waals surface area contributed by atoms with Crippen molar-refractivity contribution in [1.29, 1.82) is 0 Å². The molecule has 0 bridgehead atoms. The highest BCUT2D eigenvalue weighted by molar-refractivity contribution is 5.91. The summed E-state index contributed by atoms with van der Waals surface area (Å²) >= 11 is 0. The molecular formula is C13H20N4O2. The van der Waals surface area contributed by atoms with Crippen LogP contribution in [0.2, 0.25) is 0 Å². The van der Waals surface area contributed by atoms with Gasteiger partial charge in [-0.05, 0) is 24.9 Å². The minimum Gasteiger partial charge on any atom is -0.472 e. The van der Waals surface area contributed by atoms with Gasteiger partial charge >= 0.3 is 0 Å². The van der Waals surface area contributed by atoms with Gasteiger partial charge in [0.15, 0.2) is 5.69 Å². The monoisotopic (exact) mass is 264 g/mol. The molecule has 2 atom stereocenters. The van der Waals surface area contributed by atoms with Gasteiger partial charge in [-0.2, -0.15) is 0 Å². The van der Waals surface area contributed by atoms with Crippen LogP contribution >= 0.6 is 0 Å². The lowest BCUT2D eigenvalue weighted by Crippen LogP contribution is -2.43. The van der Waals surface area contributed by atoms with Crippen LogP contribution in [-0.4, -0.2) is 54.3 Å². The lowest BCUT2D eigenvalue weighted by Gasteiger charge is -2.29. The first-order chi connectivity index (χ1) is 9.08. The van der Waals surface area contributed by atoms with Crippen LogP contribution in [0.5, 0.6) is 5.88 Å². The highest BCUT2D eigenvalue weighted by atomic mass is 16.5. The summed E-state index contributed by atoms with van der Waals surface area (Å²) in [6, 6.07) is 3.34. The van der Waals surface area contributed by atoms with E-state index in [-0.39, 0.29) is 12.0 Å². The van der Waals surface area contributed by atoms with Crippen molar-refractivity contribution in [2.75, 3.05) is 27.2 Å². The Bertz CT molecular complexity index is 433. The molecule has 0 spiro atoms. The lowest BCUT2D eigenvalue weighted by molar-refractivity contribution is 0.0819. The maximum absolute atomic E-state index is 11.7. The second kappa shape index (κ2) is 5.97. The van der Waals surface area contributed by atoms with E-state index in [1.165, 1.54) is 4.90 Å². The summed E-state index contributed by atoms with van der Waals surface area (Å²) in [7, 11) is 3.37. The summed E-state index contributed by atoms with van der Waals surface area (Å²) in [5.41, 5.74) is 0.326. The number of carbonyl (C=O) groups is 1. The molecule has 104 valence electrons. The molecule has 6 nitrogen and oxygen atoms in total. The van der Waals surface area contributed by atoms with Gasteiger partial charge in [-0.1, -0.05) is 6.92 Å². The topological polar surface area (TPSA) is 67.3 Å². The Morgan fingerprint density at radius 1 is 1.42 bits per heavy atom. The molecule has 6 heteroatoms. The highest BCUT2D eigenvalue weighted by Crippen LogP contribution is 2.17. The minimum absolute atomic E-state index is 0.110. The number of hydrogen-bond donors (Lipinski definition) is 1. The maximum atomic E-state index is 11.7. The Morgan fingerprint density at radius 2 is 2.21 bits per heavy atom. The fourth-order valence-electron chi connectivity index (χ4n) is 2.00. The van der Waals surface area contributed by atoms with Crippen molar-refractivity contribution in [2.45, 2.75) is 19.4 Å². The average molecular weight is 264 g/mol. The van der Waals surface area contributed by atoms with Gasteiger partial charge in [0, 0.05) is 26.7 Å². The third-order valence-electron chi connectivity index (χ3n) is 3.29. The first-order valence-electron chi connectivity index (χ1n) is 6.50. The zero-order chi connectivity index (χ0) is 13.8. The summed E-state index contributed by atoms with van der Waals surface area (Å²) < 4.78 is 5.80. The molecule has 19 heavy (non-hydrogen) atoms. The smallest absolute Gasteiger partial charge is 0.273 e. The molecule has 1 amide bonds. The molecule has 1 N–H and O–H groups in total. The number of nitrogens with zero attached hydrogens (tertiary/aromatic N) is 3. The van der Waals surface area contributed by atoms with E-state index in [4.69, 9.17) is 4.74 Å². The Kier molecular flexibility index (Phi) is 4.31. The molecule has 2 rings (SSSR count). The molecule has 2 unspecified atom stereocenters. The van der Waals surface area contributed by atoms with Gasteiger partial charge in [0.1, 0.15) is 6.10 Å². The third kappa shape index (κ3) is 3.41. The van der Waals surface area contributed by atoms with Gasteiger partial charge in [0.25, 0.3) is 5.91 Å². The fraction of sp³-hybridized carbons (Fsp3) is 0.615. The molecule has 0 radical (unpaired) electrons. The molecule has 0 saturated carbocycles. The summed E-state index contributed by atoms with van der Waals surface area (Å²) in [4.78, 5) is 13.1. The van der Waals surface area contributed by atoms with Crippen LogP contribution in [0, 0.1) is 5.92 Å². The van der Waals surface area contributed by atoms with Crippen molar-refractivity contribution < 1.29 is 9.53 Å². The van der Waals surface area contributed by atoms with E-state index >= 15 is 0 Å². The van der Waals surface area contributed by atoms with E-state index in [0.717, 1.165) is 19.5 Å². The zero-order valence-corrected chi connectivity index (χ0v) is 11.6. The number of amides is 1. The van der Waals surface area contributed by atoms with Crippen molar-refractivity contribution in [2.24, 2.45) is 5.92 Å². The summed E-state index contributed by atoms with van der Waals surface area (Å²) in [5.74, 6) is 0.800. The normalized spacial score (nSPS) is 22.9. The Hall–Kier alpha value is -1.69. The van der Waals surface area contributed by atoms with Crippen LogP contribution in [0.15, 0.2) is 12.1 Å². The van der Waals surface area contributed by atoms with Crippen LogP contribution in [0.3, 0.4) is 0 Å². The lowest BCUT2D eigenvalue weighted by atomic mass is 9.97. The van der Waals surface area contributed by atoms with Gasteiger partial charge in [0.2, 0.25) is 5.88 Å². The molecule has 1 fully saturated rings. The zero-order valence-electron chi connectivity index (χ0n) is 11.6. The van der Waals surface area contributed by atoms with Crippen molar-refractivity contribution in [3.05, 3.63) is 17.8 Å². The Morgan fingerprint density at radius 3 is 2.79 bits per heavy atom. The van der Waals surface area contributed by atoms with Crippen LogP contribution in [0.4, 0.5) is 0 Å². The molecule has 1 aromatic rings. The number of carbonyl (C=O) groups excluding carboxylic acids is 1. The first kappa shape index (κ1) is 13.7. The van der Waals surface area contributed by atoms with Gasteiger partial charge in [-0.15, -0.1) is 10.2 Å². The van der Waals surface area contributed by atoms with E-state index in [1.807, 2.05) is 0 Å². The van der Waals surface area contributed by atoms with Crippen LogP contribution in [0.1, 0.15) is 23.8 Å². The van der Waals surface area contributed by atoms with E-state index < -0.39 is 0 Å². The summed E-state index contributed by atoms with van der Waals surface area (Å²) in [6.45, 7) is 4.02. The highest BCUT2D eigenvalue weighted by Gasteiger charge is 2.23. The number of hydrogen-bond acceptors (Lipinski definition) is 5. The molecule has 1 aromatic heterocycles. The summed E-state index contributed by atoms with van der Waals surface area (Å²) in [5, 5.41) is 11.2. The SMILES string of the molecule is CC1CCNCC1Oc1ccc(C(=O)N(C)C)nn1. The van der Waals surface area contributed by atoms with Gasteiger partial charge in [-0.3, -0.25) is 4.79 Å². The second-order valence-corrected chi connectivity index (χ2v) is 5.08. The van der Waals surface area contributed by atoms with E-state index in [2.05, 4.69) is 22.4 Å². The van der Waals surface area contributed by atoms with E-state index in [1.54, 1.807) is 26.2 Å². The van der Waals surface area contributed by atoms with Crippen molar-refractivity contribution in [3.63, 3.8) is 0 Å². The quantitative estimate of drug-likeness (QED) is 0.864. The molecule has 1 saturated heterocycles. The van der Waals surface area contributed by atoms with Gasteiger partial charge < -0.3 is 15.0 Å². The standard InChI is InChI=1S/C13H20N4O2/c1-9-6-7-14-8-11(9)19-12-5-4-10(15-16-12)13(18)17(2)3/h4-5,9,11,14H,6-8H2,1-3H3. The average Bonchev–Trinajstić information content (AvgIpc) is 2.41. The van der Waals surface area contributed by atoms with Crippen molar-refractivity contribution in [3.8, 4) is 5.88 Å². The molecule has 1 aliphatic rings. The molecule has 0 aliphatic carbocycles. The molecule has 0 aromatic carbocycles. The Balaban J connectivity index is 2.00. The number of rotatable bonds is 3.